The molecular weight excluding hydrogens is 498 g/mol. The molecule has 0 aromatic rings. The maximum atomic E-state index is 10.5. The van der Waals surface area contributed by atoms with Gasteiger partial charge in [-0.25, -0.2) is 4.57 Å². The van der Waals surface area contributed by atoms with E-state index in [9.17, 15) is 34.5 Å². The Hall–Kier alpha value is 2.20. The van der Waals surface area contributed by atoms with Crippen molar-refractivity contribution in [2.75, 3.05) is 39.3 Å². The monoisotopic (exact) mass is 514 g/mol. The van der Waals surface area contributed by atoms with Crippen molar-refractivity contribution < 1.29 is 189 Å². The summed E-state index contributed by atoms with van der Waals surface area (Å²) in [5, 5.41) is 39.8. The van der Waals surface area contributed by atoms with Gasteiger partial charge in [0, 0.05) is 32.7 Å². The quantitative estimate of drug-likeness (QED) is 0.148. The minimum Gasteiger partial charge on any atom is -1.00 e. The van der Waals surface area contributed by atoms with Gasteiger partial charge < -0.3 is 61.9 Å². The summed E-state index contributed by atoms with van der Waals surface area (Å²) in [7, 11) is -4.64. The molecule has 0 aliphatic rings. The van der Waals surface area contributed by atoms with Crippen LogP contribution in [0, 0.1) is 0 Å². The van der Waals surface area contributed by atoms with Crippen LogP contribution < -0.4 is 146 Å². The number of phosphoric acid groups is 1. The summed E-state index contributed by atoms with van der Waals surface area (Å²) in [6.07, 6.45) is 0. The number of carbonyl (C=O) groups is 4. The van der Waals surface area contributed by atoms with E-state index in [0.717, 1.165) is 9.80 Å². The third-order valence-electron chi connectivity index (χ3n) is 2.15. The van der Waals surface area contributed by atoms with Crippen LogP contribution in [0.25, 0.3) is 0 Å². The topological polar surface area (TPSA) is 242 Å². The van der Waals surface area contributed by atoms with Crippen molar-refractivity contribution in [3.05, 3.63) is 0 Å². The molecule has 14 nitrogen and oxygen atoms in total. The van der Waals surface area contributed by atoms with Crippen molar-refractivity contribution in [2.24, 2.45) is 0 Å². The summed E-state index contributed by atoms with van der Waals surface area (Å²) < 4.78 is 8.88. The molecule has 0 aliphatic heterocycles. The first kappa shape index (κ1) is 49.4. The molecule has 4 N–H and O–H groups in total. The van der Waals surface area contributed by atoms with Crippen molar-refractivity contribution in [1.29, 1.82) is 0 Å². The van der Waals surface area contributed by atoms with E-state index in [1.54, 1.807) is 0 Å². The van der Waals surface area contributed by atoms with Gasteiger partial charge in [0.25, 0.3) is 0 Å². The molecule has 0 aliphatic carbocycles. The summed E-state index contributed by atoms with van der Waals surface area (Å²) in [6.45, 7) is -3.00. The Balaban J connectivity index is -0.0000000948. The summed E-state index contributed by atoms with van der Waals surface area (Å²) in [5.41, 5.74) is 0. The second kappa shape index (κ2) is 27.4. The molecule has 0 fully saturated rings. The average Bonchev–Trinajstić information content (AvgIpc) is 2.30. The SMILES string of the molecule is O=C([O-])CN(CCN(CC(=O)[O-])CC(=O)O)CC(=O)[O-].O=P(O)(O)O.[Cl-].[Na+].[Na+].[Na+].[Na+]. The number of hydrogen-bond acceptors (Lipinski definition) is 10. The van der Waals surface area contributed by atoms with Gasteiger partial charge in [-0.2, -0.15) is 0 Å². The van der Waals surface area contributed by atoms with Crippen molar-refractivity contribution >= 4 is 31.7 Å². The second-order valence-corrected chi connectivity index (χ2v) is 5.47. The molecule has 0 amide bonds. The second-order valence-electron chi connectivity index (χ2n) is 4.44. The number of nitrogens with zero attached hydrogens (tertiary/aromatic N) is 2. The molecule has 154 valence electrons. The van der Waals surface area contributed by atoms with Gasteiger partial charge in [-0.15, -0.1) is 0 Å². The molecule has 20 heteroatoms. The fourth-order valence-electron chi connectivity index (χ4n) is 1.45. The number of aliphatic carboxylic acids is 4. The van der Waals surface area contributed by atoms with Crippen LogP contribution in [0.3, 0.4) is 0 Å². The molecule has 0 unspecified atom stereocenters. The molecule has 0 saturated carbocycles. The van der Waals surface area contributed by atoms with Crippen LogP contribution in [0.15, 0.2) is 0 Å². The number of carboxylic acids is 4. The largest absolute Gasteiger partial charge is 1.00 e. The van der Waals surface area contributed by atoms with Crippen LogP contribution in [0.1, 0.15) is 0 Å². The summed E-state index contributed by atoms with van der Waals surface area (Å²) >= 11 is 0. The van der Waals surface area contributed by atoms with Gasteiger partial charge >= 0.3 is 132 Å². The molecular formula is C10H16ClN2Na4O12P. The van der Waals surface area contributed by atoms with Gasteiger partial charge in [0.15, 0.2) is 0 Å². The zero-order chi connectivity index (χ0) is 20.2. The zero-order valence-corrected chi connectivity index (χ0v) is 26.7. The fraction of sp³-hybridized carbons (Fsp3) is 0.600. The van der Waals surface area contributed by atoms with E-state index in [1.165, 1.54) is 0 Å². The normalized spacial score (nSPS) is 9.10. The smallest absolute Gasteiger partial charge is 1.00 e. The summed E-state index contributed by atoms with van der Waals surface area (Å²) in [4.78, 5) is 65.2. The van der Waals surface area contributed by atoms with E-state index in [2.05, 4.69) is 0 Å². The Morgan fingerprint density at radius 3 is 1.03 bits per heavy atom. The predicted molar refractivity (Wildman–Crippen MR) is 69.8 cm³/mol. The Labute approximate surface area is 266 Å². The van der Waals surface area contributed by atoms with Gasteiger partial charge in [-0.3, -0.25) is 14.6 Å². The first-order chi connectivity index (χ1) is 11.2. The van der Waals surface area contributed by atoms with E-state index in [-0.39, 0.29) is 144 Å². The minimum absolute atomic E-state index is 0. The Kier molecular flexibility index (Phi) is 45.2. The number of carboxylic acid groups (broad SMARTS) is 4. The van der Waals surface area contributed by atoms with E-state index >= 15 is 0 Å². The van der Waals surface area contributed by atoms with Gasteiger partial charge in [0.2, 0.25) is 0 Å². The van der Waals surface area contributed by atoms with Gasteiger partial charge in [0.1, 0.15) is 0 Å². The molecule has 0 aromatic carbocycles. The molecule has 30 heavy (non-hydrogen) atoms. The number of carbonyl (C=O) groups excluding carboxylic acids is 3. The number of halogens is 1. The molecule has 0 heterocycles. The van der Waals surface area contributed by atoms with Crippen molar-refractivity contribution in [3.63, 3.8) is 0 Å². The van der Waals surface area contributed by atoms with Crippen LogP contribution in [0.5, 0.6) is 0 Å². The fourth-order valence-corrected chi connectivity index (χ4v) is 1.45. The molecule has 0 spiro atoms. The summed E-state index contributed by atoms with van der Waals surface area (Å²) in [6, 6.07) is 0. The molecule has 0 atom stereocenters. The molecule has 0 saturated heterocycles. The minimum atomic E-state index is -4.64. The molecule has 0 radical (unpaired) electrons. The van der Waals surface area contributed by atoms with Gasteiger partial charge in [-0.1, -0.05) is 0 Å². The maximum Gasteiger partial charge on any atom is 1.00 e. The van der Waals surface area contributed by atoms with E-state index < -0.39 is 57.9 Å². The van der Waals surface area contributed by atoms with Crippen molar-refractivity contribution in [1.82, 2.24) is 9.80 Å². The van der Waals surface area contributed by atoms with Crippen molar-refractivity contribution in [2.45, 2.75) is 0 Å². The van der Waals surface area contributed by atoms with Crippen LogP contribution in [0.2, 0.25) is 0 Å². The Morgan fingerprint density at radius 2 is 0.867 bits per heavy atom. The van der Waals surface area contributed by atoms with E-state index in [0.29, 0.717) is 0 Å². The standard InChI is InChI=1S/C10H16N2O8.ClH.4Na.H3O4P/c13-7(14)3-11(4-8(15)16)1-2-12(5-9(17)18)6-10(19)20;;;;;;1-5(2,3)4/h1-6H2,(H,13,14)(H,15,16)(H,17,18)(H,19,20);1H;;;;;(H3,1,2,3,4)/q;;4*+1;/p-4. The van der Waals surface area contributed by atoms with Crippen LogP contribution in [0.4, 0.5) is 0 Å². The number of hydrogen-bond donors (Lipinski definition) is 4. The molecule has 0 bridgehead atoms. The predicted octanol–water partition coefficient (Wildman–Crippen LogP) is -22.0. The van der Waals surface area contributed by atoms with Gasteiger partial charge in [0.05, 0.1) is 24.5 Å². The third-order valence-corrected chi connectivity index (χ3v) is 2.15. The Bertz CT molecular complexity index is 465. The summed E-state index contributed by atoms with van der Waals surface area (Å²) in [5.74, 6) is -5.82. The average molecular weight is 515 g/mol. The van der Waals surface area contributed by atoms with Crippen LogP contribution in [-0.2, 0) is 23.7 Å². The molecule has 0 aromatic heterocycles. The van der Waals surface area contributed by atoms with E-state index in [4.69, 9.17) is 24.4 Å². The first-order valence-corrected chi connectivity index (χ1v) is 7.81. The zero-order valence-electron chi connectivity index (χ0n) is 17.0. The number of rotatable bonds is 11. The maximum absolute atomic E-state index is 10.5. The van der Waals surface area contributed by atoms with Gasteiger partial charge in [-0.05, 0) is 0 Å². The third kappa shape index (κ3) is 47.8. The van der Waals surface area contributed by atoms with E-state index in [1.807, 2.05) is 0 Å². The van der Waals surface area contributed by atoms with Crippen molar-refractivity contribution in [3.8, 4) is 0 Å². The van der Waals surface area contributed by atoms with Crippen LogP contribution >= 0.6 is 7.82 Å². The first-order valence-electron chi connectivity index (χ1n) is 6.25. The van der Waals surface area contributed by atoms with Crippen LogP contribution in [-0.4, -0.2) is 92.7 Å². The Morgan fingerprint density at radius 1 is 0.667 bits per heavy atom. The molecule has 0 rings (SSSR count).